The zero-order valence-electron chi connectivity index (χ0n) is 15.6. The average molecular weight is 359 g/mol. The fourth-order valence-electron chi connectivity index (χ4n) is 2.87. The summed E-state index contributed by atoms with van der Waals surface area (Å²) in [4.78, 5) is 11.0. The molecule has 0 heterocycles. The van der Waals surface area contributed by atoms with Crippen LogP contribution >= 0.6 is 0 Å². The van der Waals surface area contributed by atoms with Crippen LogP contribution in [0.4, 0.5) is 0 Å². The average Bonchev–Trinajstić information content (AvgIpc) is 2.67. The van der Waals surface area contributed by atoms with Crippen LogP contribution < -0.4 is 24.3 Å². The van der Waals surface area contributed by atoms with Gasteiger partial charge >= 0.3 is 0 Å². The lowest BCUT2D eigenvalue weighted by Gasteiger charge is -2.18. The van der Waals surface area contributed by atoms with Crippen molar-refractivity contribution in [2.24, 2.45) is 0 Å². The SMILES string of the molecule is COc1ccc(CC(Cc2ccc(OC)c(OC)c2)NC=O)cc1OC. The van der Waals surface area contributed by atoms with Gasteiger partial charge in [-0.2, -0.15) is 0 Å². The molecule has 0 fully saturated rings. The van der Waals surface area contributed by atoms with Gasteiger partial charge in [0, 0.05) is 6.04 Å². The minimum absolute atomic E-state index is 0.0660. The van der Waals surface area contributed by atoms with Crippen LogP contribution in [-0.4, -0.2) is 40.9 Å². The molecule has 0 bridgehead atoms. The lowest BCUT2D eigenvalue weighted by molar-refractivity contribution is -0.110. The molecule has 6 nitrogen and oxygen atoms in total. The summed E-state index contributed by atoms with van der Waals surface area (Å²) in [6.45, 7) is 0. The molecule has 1 N–H and O–H groups in total. The van der Waals surface area contributed by atoms with Crippen molar-refractivity contribution in [2.45, 2.75) is 18.9 Å². The van der Waals surface area contributed by atoms with Crippen LogP contribution in [0.25, 0.3) is 0 Å². The summed E-state index contributed by atoms with van der Waals surface area (Å²) >= 11 is 0. The van der Waals surface area contributed by atoms with Gasteiger partial charge in [0.25, 0.3) is 0 Å². The molecule has 2 rings (SSSR count). The Morgan fingerprint density at radius 3 is 1.54 bits per heavy atom. The summed E-state index contributed by atoms with van der Waals surface area (Å²) in [5, 5.41) is 2.89. The van der Waals surface area contributed by atoms with Crippen molar-refractivity contribution < 1.29 is 23.7 Å². The summed E-state index contributed by atoms with van der Waals surface area (Å²) in [6, 6.07) is 11.4. The van der Waals surface area contributed by atoms with Crippen molar-refractivity contribution in [2.75, 3.05) is 28.4 Å². The van der Waals surface area contributed by atoms with Gasteiger partial charge in [0.05, 0.1) is 28.4 Å². The maximum absolute atomic E-state index is 11.0. The van der Waals surface area contributed by atoms with Gasteiger partial charge in [-0.15, -0.1) is 0 Å². The summed E-state index contributed by atoms with van der Waals surface area (Å²) in [5.41, 5.74) is 2.09. The predicted molar refractivity (Wildman–Crippen MR) is 99.5 cm³/mol. The quantitative estimate of drug-likeness (QED) is 0.661. The highest BCUT2D eigenvalue weighted by Gasteiger charge is 2.14. The van der Waals surface area contributed by atoms with Gasteiger partial charge in [0.15, 0.2) is 23.0 Å². The second kappa shape index (κ2) is 9.56. The largest absolute Gasteiger partial charge is 0.493 e. The molecule has 0 aliphatic heterocycles. The van der Waals surface area contributed by atoms with Gasteiger partial charge in [-0.3, -0.25) is 4.79 Å². The smallest absolute Gasteiger partial charge is 0.207 e. The number of ether oxygens (including phenoxy) is 4. The number of amides is 1. The first kappa shape index (κ1) is 19.4. The number of hydrogen-bond donors (Lipinski definition) is 1. The Kier molecular flexibility index (Phi) is 7.14. The second-order valence-corrected chi connectivity index (χ2v) is 5.77. The molecule has 0 atom stereocenters. The molecule has 0 spiro atoms. The van der Waals surface area contributed by atoms with E-state index in [9.17, 15) is 4.79 Å². The maximum Gasteiger partial charge on any atom is 0.207 e. The zero-order valence-corrected chi connectivity index (χ0v) is 15.6. The zero-order chi connectivity index (χ0) is 18.9. The van der Waals surface area contributed by atoms with Crippen molar-refractivity contribution in [3.05, 3.63) is 47.5 Å². The molecule has 2 aromatic carbocycles. The Morgan fingerprint density at radius 1 is 0.769 bits per heavy atom. The number of hydrogen-bond acceptors (Lipinski definition) is 5. The van der Waals surface area contributed by atoms with E-state index in [0.717, 1.165) is 17.5 Å². The van der Waals surface area contributed by atoms with E-state index < -0.39 is 0 Å². The van der Waals surface area contributed by atoms with Gasteiger partial charge in [-0.05, 0) is 48.2 Å². The highest BCUT2D eigenvalue weighted by Crippen LogP contribution is 2.30. The van der Waals surface area contributed by atoms with E-state index in [4.69, 9.17) is 18.9 Å². The van der Waals surface area contributed by atoms with Crippen LogP contribution in [0.15, 0.2) is 36.4 Å². The standard InChI is InChI=1S/C20H25NO5/c1-23-17-7-5-14(11-19(17)25-3)9-16(21-13-22)10-15-6-8-18(24-2)20(12-15)26-4/h5-8,11-13,16H,9-10H2,1-4H3,(H,21,22). The summed E-state index contributed by atoms with van der Waals surface area (Å²) < 4.78 is 21.2. The van der Waals surface area contributed by atoms with Crippen LogP contribution in [0.3, 0.4) is 0 Å². The molecular weight excluding hydrogens is 334 g/mol. The molecule has 0 saturated carbocycles. The van der Waals surface area contributed by atoms with Crippen LogP contribution in [-0.2, 0) is 17.6 Å². The molecule has 0 aromatic heterocycles. The van der Waals surface area contributed by atoms with Gasteiger partial charge < -0.3 is 24.3 Å². The van der Waals surface area contributed by atoms with Crippen molar-refractivity contribution in [1.29, 1.82) is 0 Å². The van der Waals surface area contributed by atoms with Gasteiger partial charge in [0.1, 0.15) is 0 Å². The van der Waals surface area contributed by atoms with E-state index in [0.29, 0.717) is 35.8 Å². The highest BCUT2D eigenvalue weighted by molar-refractivity contribution is 5.48. The van der Waals surface area contributed by atoms with E-state index >= 15 is 0 Å². The van der Waals surface area contributed by atoms with Crippen molar-refractivity contribution >= 4 is 6.41 Å². The molecular formula is C20H25NO5. The Labute approximate surface area is 154 Å². The third-order valence-electron chi connectivity index (χ3n) is 4.16. The van der Waals surface area contributed by atoms with Gasteiger partial charge in [-0.1, -0.05) is 12.1 Å². The first-order valence-electron chi connectivity index (χ1n) is 8.26. The molecule has 2 aromatic rings. The van der Waals surface area contributed by atoms with Crippen LogP contribution in [0.1, 0.15) is 11.1 Å². The summed E-state index contributed by atoms with van der Waals surface area (Å²) in [5.74, 6) is 2.69. The van der Waals surface area contributed by atoms with E-state index in [-0.39, 0.29) is 6.04 Å². The van der Waals surface area contributed by atoms with Crippen LogP contribution in [0.2, 0.25) is 0 Å². The summed E-state index contributed by atoms with van der Waals surface area (Å²) in [7, 11) is 6.41. The third kappa shape index (κ3) is 4.81. The minimum atomic E-state index is -0.0660. The fourth-order valence-corrected chi connectivity index (χ4v) is 2.87. The predicted octanol–water partition coefficient (Wildman–Crippen LogP) is 2.62. The number of rotatable bonds is 10. The minimum Gasteiger partial charge on any atom is -0.493 e. The monoisotopic (exact) mass is 359 g/mol. The van der Waals surface area contributed by atoms with Crippen molar-refractivity contribution in [1.82, 2.24) is 5.32 Å². The molecule has 6 heteroatoms. The molecule has 0 aliphatic rings. The van der Waals surface area contributed by atoms with Crippen molar-refractivity contribution in [3.63, 3.8) is 0 Å². The van der Waals surface area contributed by atoms with Crippen LogP contribution in [0.5, 0.6) is 23.0 Å². The number of nitrogens with one attached hydrogen (secondary N) is 1. The number of methoxy groups -OCH3 is 4. The van der Waals surface area contributed by atoms with E-state index in [1.54, 1.807) is 28.4 Å². The Balaban J connectivity index is 2.17. The first-order chi connectivity index (χ1) is 12.6. The topological polar surface area (TPSA) is 66.0 Å². The molecule has 140 valence electrons. The Morgan fingerprint density at radius 2 is 1.19 bits per heavy atom. The fraction of sp³-hybridized carbons (Fsp3) is 0.350. The van der Waals surface area contributed by atoms with E-state index in [1.165, 1.54) is 0 Å². The molecule has 0 radical (unpaired) electrons. The van der Waals surface area contributed by atoms with E-state index in [1.807, 2.05) is 36.4 Å². The van der Waals surface area contributed by atoms with Gasteiger partial charge in [-0.25, -0.2) is 0 Å². The second-order valence-electron chi connectivity index (χ2n) is 5.77. The first-order valence-corrected chi connectivity index (χ1v) is 8.26. The highest BCUT2D eigenvalue weighted by atomic mass is 16.5. The van der Waals surface area contributed by atoms with Crippen molar-refractivity contribution in [3.8, 4) is 23.0 Å². The molecule has 0 saturated heterocycles. The van der Waals surface area contributed by atoms with Gasteiger partial charge in [0.2, 0.25) is 6.41 Å². The number of carbonyl (C=O) groups is 1. The van der Waals surface area contributed by atoms with Crippen LogP contribution in [0, 0.1) is 0 Å². The molecule has 0 aliphatic carbocycles. The molecule has 1 amide bonds. The lowest BCUT2D eigenvalue weighted by atomic mass is 9.98. The summed E-state index contributed by atoms with van der Waals surface area (Å²) in [6.07, 6.45) is 2.05. The molecule has 0 unspecified atom stereocenters. The number of benzene rings is 2. The number of carbonyl (C=O) groups excluding carboxylic acids is 1. The normalized spacial score (nSPS) is 10.3. The molecule has 26 heavy (non-hydrogen) atoms. The maximum atomic E-state index is 11.0. The van der Waals surface area contributed by atoms with E-state index in [2.05, 4.69) is 5.32 Å². The Hall–Kier alpha value is -2.89. The Bertz CT molecular complexity index is 675. The third-order valence-corrected chi connectivity index (χ3v) is 4.16. The lowest BCUT2D eigenvalue weighted by Crippen LogP contribution is -2.32.